The summed E-state index contributed by atoms with van der Waals surface area (Å²) in [6.45, 7) is 1.05. The third kappa shape index (κ3) is 4.17. The monoisotopic (exact) mass is 313 g/mol. The molecule has 0 radical (unpaired) electrons. The highest BCUT2D eigenvalue weighted by Gasteiger charge is 2.26. The van der Waals surface area contributed by atoms with Crippen LogP contribution in [0, 0.1) is 11.7 Å². The van der Waals surface area contributed by atoms with Crippen LogP contribution in [-0.4, -0.2) is 35.0 Å². The Morgan fingerprint density at radius 2 is 2.19 bits per heavy atom. The van der Waals surface area contributed by atoms with Crippen molar-refractivity contribution in [2.45, 2.75) is 25.7 Å². The molecule has 1 fully saturated rings. The van der Waals surface area contributed by atoms with E-state index in [1.54, 1.807) is 4.90 Å². The van der Waals surface area contributed by atoms with Gasteiger partial charge in [-0.3, -0.25) is 9.59 Å². The van der Waals surface area contributed by atoms with Gasteiger partial charge in [0.1, 0.15) is 5.82 Å². The molecule has 1 aliphatic heterocycles. The van der Waals surface area contributed by atoms with E-state index in [-0.39, 0.29) is 28.8 Å². The van der Waals surface area contributed by atoms with Crippen molar-refractivity contribution in [3.63, 3.8) is 0 Å². The number of halogens is 2. The number of benzene rings is 1. The van der Waals surface area contributed by atoms with Crippen molar-refractivity contribution in [2.75, 3.05) is 13.1 Å². The zero-order chi connectivity index (χ0) is 15.4. The predicted octanol–water partition coefficient (Wildman–Crippen LogP) is 3.20. The van der Waals surface area contributed by atoms with E-state index in [1.165, 1.54) is 12.1 Å². The van der Waals surface area contributed by atoms with Gasteiger partial charge >= 0.3 is 5.97 Å². The number of carbonyl (C=O) groups is 2. The lowest BCUT2D eigenvalue weighted by Crippen LogP contribution is -2.40. The second-order valence-electron chi connectivity index (χ2n) is 5.32. The maximum Gasteiger partial charge on any atom is 0.303 e. The molecule has 2 rings (SSSR count). The molecule has 6 heteroatoms. The molecule has 1 saturated heterocycles. The molecular formula is C15H17ClFNO3. The first-order valence-corrected chi connectivity index (χ1v) is 7.31. The van der Waals surface area contributed by atoms with Gasteiger partial charge in [-0.2, -0.15) is 0 Å². The summed E-state index contributed by atoms with van der Waals surface area (Å²) in [5, 5.41) is 8.97. The summed E-state index contributed by atoms with van der Waals surface area (Å²) >= 11 is 5.68. The Bertz CT molecular complexity index is 550. The molecule has 0 aromatic heterocycles. The number of carboxylic acids is 1. The highest BCUT2D eigenvalue weighted by Crippen LogP contribution is 2.24. The number of amides is 1. The van der Waals surface area contributed by atoms with Crippen molar-refractivity contribution in [3.8, 4) is 0 Å². The lowest BCUT2D eigenvalue weighted by Gasteiger charge is -2.32. The number of carbonyl (C=O) groups excluding carboxylic acids is 1. The third-order valence-electron chi connectivity index (χ3n) is 3.73. The molecule has 1 heterocycles. The molecule has 1 aliphatic rings. The maximum atomic E-state index is 13.8. The standard InChI is InChI=1S/C15H17ClFNO3/c16-11-4-5-12(13(17)8-11)15(21)18-7-1-2-10(9-18)3-6-14(19)20/h4-5,8,10H,1-3,6-7,9H2,(H,19,20)/t10-/m1/s1. The van der Waals surface area contributed by atoms with Gasteiger partial charge in [-0.15, -0.1) is 0 Å². The molecule has 0 bridgehead atoms. The van der Waals surface area contributed by atoms with E-state index in [0.29, 0.717) is 19.5 Å². The van der Waals surface area contributed by atoms with Crippen LogP contribution < -0.4 is 0 Å². The van der Waals surface area contributed by atoms with Crippen molar-refractivity contribution < 1.29 is 19.1 Å². The molecule has 0 unspecified atom stereocenters. The van der Waals surface area contributed by atoms with E-state index >= 15 is 0 Å². The van der Waals surface area contributed by atoms with E-state index in [4.69, 9.17) is 16.7 Å². The van der Waals surface area contributed by atoms with Crippen LogP contribution in [0.4, 0.5) is 4.39 Å². The summed E-state index contributed by atoms with van der Waals surface area (Å²) in [6.07, 6.45) is 2.36. The van der Waals surface area contributed by atoms with Gasteiger partial charge in [-0.25, -0.2) is 4.39 Å². The lowest BCUT2D eigenvalue weighted by molar-refractivity contribution is -0.137. The Hall–Kier alpha value is -1.62. The second kappa shape index (κ2) is 6.89. The zero-order valence-corrected chi connectivity index (χ0v) is 12.3. The van der Waals surface area contributed by atoms with E-state index in [9.17, 15) is 14.0 Å². The lowest BCUT2D eigenvalue weighted by atomic mass is 9.93. The number of carboxylic acid groups (broad SMARTS) is 1. The SMILES string of the molecule is O=C(O)CC[C@H]1CCCN(C(=O)c2ccc(Cl)cc2F)C1. The average Bonchev–Trinajstić information content (AvgIpc) is 2.45. The number of rotatable bonds is 4. The number of likely N-dealkylation sites (tertiary alicyclic amines) is 1. The van der Waals surface area contributed by atoms with E-state index in [0.717, 1.165) is 18.9 Å². The topological polar surface area (TPSA) is 57.6 Å². The van der Waals surface area contributed by atoms with Crippen LogP contribution >= 0.6 is 11.6 Å². The highest BCUT2D eigenvalue weighted by atomic mass is 35.5. The maximum absolute atomic E-state index is 13.8. The minimum absolute atomic E-state index is 0.0123. The number of aliphatic carboxylic acids is 1. The van der Waals surface area contributed by atoms with E-state index < -0.39 is 11.8 Å². The van der Waals surface area contributed by atoms with Gasteiger partial charge in [-0.05, 0) is 43.4 Å². The van der Waals surface area contributed by atoms with E-state index in [2.05, 4.69) is 0 Å². The minimum Gasteiger partial charge on any atom is -0.481 e. The molecular weight excluding hydrogens is 297 g/mol. The van der Waals surface area contributed by atoms with Crippen molar-refractivity contribution >= 4 is 23.5 Å². The Kier molecular flexibility index (Phi) is 5.17. The third-order valence-corrected chi connectivity index (χ3v) is 3.97. The second-order valence-corrected chi connectivity index (χ2v) is 5.75. The quantitative estimate of drug-likeness (QED) is 0.928. The van der Waals surface area contributed by atoms with Gasteiger partial charge in [0.2, 0.25) is 0 Å². The van der Waals surface area contributed by atoms with Gasteiger partial charge in [-0.1, -0.05) is 11.6 Å². The van der Waals surface area contributed by atoms with Crippen LogP contribution in [0.1, 0.15) is 36.0 Å². The molecule has 1 aromatic rings. The fourth-order valence-corrected chi connectivity index (χ4v) is 2.80. The smallest absolute Gasteiger partial charge is 0.303 e. The fourth-order valence-electron chi connectivity index (χ4n) is 2.65. The van der Waals surface area contributed by atoms with Crippen LogP contribution in [0.15, 0.2) is 18.2 Å². The number of piperidine rings is 1. The molecule has 1 amide bonds. The Morgan fingerprint density at radius 3 is 2.86 bits per heavy atom. The predicted molar refractivity (Wildman–Crippen MR) is 76.9 cm³/mol. The molecule has 0 aliphatic carbocycles. The average molecular weight is 314 g/mol. The molecule has 1 atom stereocenters. The summed E-state index contributed by atoms with van der Waals surface area (Å²) in [7, 11) is 0. The van der Waals surface area contributed by atoms with Crippen LogP contribution in [-0.2, 0) is 4.79 Å². The van der Waals surface area contributed by atoms with Crippen LogP contribution in [0.5, 0.6) is 0 Å². The van der Waals surface area contributed by atoms with Crippen LogP contribution in [0.25, 0.3) is 0 Å². The summed E-state index contributed by atoms with van der Waals surface area (Å²) in [6, 6.07) is 4.01. The Morgan fingerprint density at radius 1 is 1.43 bits per heavy atom. The first-order valence-electron chi connectivity index (χ1n) is 6.93. The van der Waals surface area contributed by atoms with Gasteiger partial charge < -0.3 is 10.0 Å². The minimum atomic E-state index is -0.831. The van der Waals surface area contributed by atoms with Gasteiger partial charge in [0.05, 0.1) is 5.56 Å². The Labute approximate surface area is 127 Å². The molecule has 1 aromatic carbocycles. The number of hydrogen-bond acceptors (Lipinski definition) is 2. The Balaban J connectivity index is 2.03. The molecule has 1 N–H and O–H groups in total. The van der Waals surface area contributed by atoms with Gasteiger partial charge in [0.15, 0.2) is 0 Å². The highest BCUT2D eigenvalue weighted by molar-refractivity contribution is 6.30. The zero-order valence-electron chi connectivity index (χ0n) is 11.5. The van der Waals surface area contributed by atoms with Crippen LogP contribution in [0.3, 0.4) is 0 Å². The molecule has 114 valence electrons. The summed E-state index contributed by atoms with van der Waals surface area (Å²) < 4.78 is 13.8. The largest absolute Gasteiger partial charge is 0.481 e. The van der Waals surface area contributed by atoms with Crippen molar-refractivity contribution in [1.29, 1.82) is 0 Å². The van der Waals surface area contributed by atoms with Crippen molar-refractivity contribution in [2.24, 2.45) is 5.92 Å². The van der Waals surface area contributed by atoms with Crippen molar-refractivity contribution in [3.05, 3.63) is 34.6 Å². The fraction of sp³-hybridized carbons (Fsp3) is 0.467. The summed E-state index contributed by atoms with van der Waals surface area (Å²) in [5.74, 6) is -1.65. The molecule has 4 nitrogen and oxygen atoms in total. The first kappa shape index (κ1) is 15.8. The summed E-state index contributed by atoms with van der Waals surface area (Å²) in [4.78, 5) is 24.6. The van der Waals surface area contributed by atoms with E-state index in [1.807, 2.05) is 0 Å². The molecule has 0 saturated carbocycles. The summed E-state index contributed by atoms with van der Waals surface area (Å²) in [5.41, 5.74) is 0.0123. The first-order chi connectivity index (χ1) is 9.97. The van der Waals surface area contributed by atoms with Gasteiger partial charge in [0, 0.05) is 24.5 Å². The normalized spacial score (nSPS) is 18.6. The van der Waals surface area contributed by atoms with Crippen molar-refractivity contribution in [1.82, 2.24) is 4.90 Å². The van der Waals surface area contributed by atoms with Crippen LogP contribution in [0.2, 0.25) is 5.02 Å². The number of hydrogen-bond donors (Lipinski definition) is 1. The molecule has 0 spiro atoms. The molecule has 21 heavy (non-hydrogen) atoms. The van der Waals surface area contributed by atoms with Gasteiger partial charge in [0.25, 0.3) is 5.91 Å². The number of nitrogens with zero attached hydrogens (tertiary/aromatic N) is 1.